The summed E-state index contributed by atoms with van der Waals surface area (Å²) in [6.45, 7) is 0.0915. The summed E-state index contributed by atoms with van der Waals surface area (Å²) in [5.74, 6) is 0.682. The fraction of sp³-hybridized carbons (Fsp3) is 0.400. The Hall–Kier alpha value is -0.930. The maximum atomic E-state index is 9.58. The lowest BCUT2D eigenvalue weighted by Crippen LogP contribution is -1.92. The molecule has 0 bridgehead atoms. The van der Waals surface area contributed by atoms with Crippen LogP contribution in [0.3, 0.4) is 0 Å². The zero-order valence-electron chi connectivity index (χ0n) is 7.96. The van der Waals surface area contributed by atoms with Crippen molar-refractivity contribution in [1.82, 2.24) is 0 Å². The van der Waals surface area contributed by atoms with Crippen molar-refractivity contribution in [3.8, 4) is 11.5 Å². The molecule has 0 saturated carbocycles. The highest BCUT2D eigenvalue weighted by Gasteiger charge is 2.08. The van der Waals surface area contributed by atoms with Gasteiger partial charge in [-0.3, -0.25) is 0 Å². The monoisotopic (exact) mass is 216 g/mol. The van der Waals surface area contributed by atoms with Gasteiger partial charge in [-0.25, -0.2) is 0 Å². The Kier molecular flexibility index (Phi) is 4.04. The van der Waals surface area contributed by atoms with Gasteiger partial charge in [-0.15, -0.1) is 0 Å². The van der Waals surface area contributed by atoms with E-state index < -0.39 is 0 Å². The van der Waals surface area contributed by atoms with E-state index in [1.165, 1.54) is 0 Å². The summed E-state index contributed by atoms with van der Waals surface area (Å²) in [5, 5.41) is 18.5. The molecule has 14 heavy (non-hydrogen) atoms. The van der Waals surface area contributed by atoms with Crippen molar-refractivity contribution in [1.29, 1.82) is 0 Å². The molecule has 1 rings (SSSR count). The molecule has 3 nitrogen and oxygen atoms in total. The van der Waals surface area contributed by atoms with Crippen LogP contribution in [0.2, 0.25) is 5.02 Å². The third kappa shape index (κ3) is 2.53. The number of rotatable bonds is 4. The van der Waals surface area contributed by atoms with Crippen molar-refractivity contribution >= 4 is 11.6 Å². The highest BCUT2D eigenvalue weighted by Crippen LogP contribution is 2.32. The molecule has 1 aromatic rings. The second kappa shape index (κ2) is 5.08. The number of hydrogen-bond donors (Lipinski definition) is 2. The zero-order valence-corrected chi connectivity index (χ0v) is 8.71. The molecule has 78 valence electrons. The first kappa shape index (κ1) is 11.1. The molecule has 1 aromatic carbocycles. The van der Waals surface area contributed by atoms with Crippen molar-refractivity contribution in [2.45, 2.75) is 12.8 Å². The molecule has 0 heterocycles. The van der Waals surface area contributed by atoms with E-state index in [1.807, 2.05) is 0 Å². The minimum absolute atomic E-state index is 0.0703. The van der Waals surface area contributed by atoms with Crippen LogP contribution in [0.4, 0.5) is 0 Å². The number of hydrogen-bond acceptors (Lipinski definition) is 3. The summed E-state index contributed by atoms with van der Waals surface area (Å²) in [4.78, 5) is 0. The zero-order chi connectivity index (χ0) is 10.6. The minimum atomic E-state index is 0.0703. The van der Waals surface area contributed by atoms with Crippen LogP contribution in [0, 0.1) is 0 Å². The Morgan fingerprint density at radius 3 is 2.71 bits per heavy atom. The quantitative estimate of drug-likeness (QED) is 0.809. The average molecular weight is 217 g/mol. The van der Waals surface area contributed by atoms with Crippen LogP contribution in [0.15, 0.2) is 12.1 Å². The number of methoxy groups -OCH3 is 1. The Morgan fingerprint density at radius 1 is 1.43 bits per heavy atom. The van der Waals surface area contributed by atoms with Gasteiger partial charge in [0.2, 0.25) is 0 Å². The van der Waals surface area contributed by atoms with E-state index >= 15 is 0 Å². The van der Waals surface area contributed by atoms with E-state index in [0.717, 1.165) is 0 Å². The second-order valence-corrected chi connectivity index (χ2v) is 3.35. The Morgan fingerprint density at radius 2 is 2.14 bits per heavy atom. The predicted octanol–water partition coefficient (Wildman–Crippen LogP) is 1.98. The lowest BCUT2D eigenvalue weighted by Gasteiger charge is -2.08. The molecule has 0 spiro atoms. The molecule has 0 aliphatic rings. The van der Waals surface area contributed by atoms with Gasteiger partial charge in [-0.2, -0.15) is 0 Å². The van der Waals surface area contributed by atoms with Crippen LogP contribution < -0.4 is 4.74 Å². The number of aliphatic hydroxyl groups excluding tert-OH is 1. The van der Waals surface area contributed by atoms with Crippen LogP contribution in [0.1, 0.15) is 12.0 Å². The lowest BCUT2D eigenvalue weighted by atomic mass is 10.1. The summed E-state index contributed by atoms with van der Waals surface area (Å²) < 4.78 is 5.01. The summed E-state index contributed by atoms with van der Waals surface area (Å²) in [6.07, 6.45) is 1.18. The van der Waals surface area contributed by atoms with Crippen LogP contribution in [-0.4, -0.2) is 23.9 Å². The lowest BCUT2D eigenvalue weighted by molar-refractivity contribution is 0.288. The van der Waals surface area contributed by atoms with Gasteiger partial charge in [0.15, 0.2) is 0 Å². The van der Waals surface area contributed by atoms with Crippen LogP contribution in [-0.2, 0) is 6.42 Å². The molecule has 0 saturated heterocycles. The summed E-state index contributed by atoms with van der Waals surface area (Å²) in [6, 6.07) is 3.27. The second-order valence-electron chi connectivity index (χ2n) is 2.94. The first-order valence-corrected chi connectivity index (χ1v) is 4.73. The van der Waals surface area contributed by atoms with E-state index in [0.29, 0.717) is 24.2 Å². The predicted molar refractivity (Wildman–Crippen MR) is 55.1 cm³/mol. The molecule has 0 unspecified atom stereocenters. The van der Waals surface area contributed by atoms with E-state index in [1.54, 1.807) is 19.2 Å². The normalized spacial score (nSPS) is 10.2. The van der Waals surface area contributed by atoms with E-state index in [-0.39, 0.29) is 17.4 Å². The van der Waals surface area contributed by atoms with Crippen LogP contribution >= 0.6 is 11.6 Å². The third-order valence-electron chi connectivity index (χ3n) is 1.96. The van der Waals surface area contributed by atoms with Crippen molar-refractivity contribution in [3.05, 3.63) is 22.7 Å². The minimum Gasteiger partial charge on any atom is -0.506 e. The largest absolute Gasteiger partial charge is 0.506 e. The first-order chi connectivity index (χ1) is 6.69. The standard InChI is InChI=1S/C10H13ClO3/c1-14-8-5-7(3-2-4-12)10(13)9(11)6-8/h5-6,12-13H,2-4H2,1H3. The highest BCUT2D eigenvalue weighted by molar-refractivity contribution is 6.32. The highest BCUT2D eigenvalue weighted by atomic mass is 35.5. The molecule has 0 amide bonds. The molecule has 0 radical (unpaired) electrons. The number of aryl methyl sites for hydroxylation is 1. The molecule has 4 heteroatoms. The van der Waals surface area contributed by atoms with Crippen LogP contribution in [0.5, 0.6) is 11.5 Å². The molecule has 2 N–H and O–H groups in total. The maximum Gasteiger partial charge on any atom is 0.137 e. The van der Waals surface area contributed by atoms with Gasteiger partial charge >= 0.3 is 0 Å². The Labute approximate surface area is 87.9 Å². The number of phenols is 1. The van der Waals surface area contributed by atoms with Crippen molar-refractivity contribution < 1.29 is 14.9 Å². The number of ether oxygens (including phenoxy) is 1. The van der Waals surface area contributed by atoms with E-state index in [2.05, 4.69) is 0 Å². The summed E-state index contributed by atoms with van der Waals surface area (Å²) in [7, 11) is 1.54. The Balaban J connectivity index is 2.95. The smallest absolute Gasteiger partial charge is 0.137 e. The number of halogens is 1. The third-order valence-corrected chi connectivity index (χ3v) is 2.24. The summed E-state index contributed by atoms with van der Waals surface area (Å²) >= 11 is 5.78. The molecule has 0 fully saturated rings. The number of benzene rings is 1. The molecule has 0 aliphatic heterocycles. The van der Waals surface area contributed by atoms with Crippen molar-refractivity contribution in [2.24, 2.45) is 0 Å². The fourth-order valence-electron chi connectivity index (χ4n) is 1.21. The van der Waals surface area contributed by atoms with Gasteiger partial charge in [0.25, 0.3) is 0 Å². The molecule has 0 aromatic heterocycles. The van der Waals surface area contributed by atoms with Gasteiger partial charge in [0.1, 0.15) is 11.5 Å². The fourth-order valence-corrected chi connectivity index (χ4v) is 1.44. The van der Waals surface area contributed by atoms with E-state index in [4.69, 9.17) is 21.4 Å². The number of aromatic hydroxyl groups is 1. The molecule has 0 atom stereocenters. The Bertz CT molecular complexity index is 312. The van der Waals surface area contributed by atoms with Crippen molar-refractivity contribution in [3.63, 3.8) is 0 Å². The number of aliphatic hydroxyl groups is 1. The van der Waals surface area contributed by atoms with Gasteiger partial charge in [0, 0.05) is 12.7 Å². The SMILES string of the molecule is COc1cc(Cl)c(O)c(CCCO)c1. The van der Waals surface area contributed by atoms with Crippen LogP contribution in [0.25, 0.3) is 0 Å². The average Bonchev–Trinajstić information content (AvgIpc) is 2.20. The van der Waals surface area contributed by atoms with Gasteiger partial charge in [0.05, 0.1) is 12.1 Å². The number of phenolic OH excluding ortho intramolecular Hbond substituents is 1. The maximum absolute atomic E-state index is 9.58. The van der Waals surface area contributed by atoms with E-state index in [9.17, 15) is 5.11 Å². The van der Waals surface area contributed by atoms with Gasteiger partial charge in [-0.05, 0) is 24.5 Å². The first-order valence-electron chi connectivity index (χ1n) is 4.35. The molecular weight excluding hydrogens is 204 g/mol. The molecular formula is C10H13ClO3. The summed E-state index contributed by atoms with van der Waals surface area (Å²) in [5.41, 5.74) is 0.698. The molecule has 0 aliphatic carbocycles. The van der Waals surface area contributed by atoms with Gasteiger partial charge < -0.3 is 14.9 Å². The van der Waals surface area contributed by atoms with Crippen molar-refractivity contribution in [2.75, 3.05) is 13.7 Å². The topological polar surface area (TPSA) is 49.7 Å². The van der Waals surface area contributed by atoms with Gasteiger partial charge in [-0.1, -0.05) is 11.6 Å².